The summed E-state index contributed by atoms with van der Waals surface area (Å²) in [5.74, 6) is -0.0418. The maximum absolute atomic E-state index is 12.6. The normalized spacial score (nSPS) is 19.7. The third-order valence-corrected chi connectivity index (χ3v) is 4.85. The molecular weight excluding hydrogens is 326 g/mol. The van der Waals surface area contributed by atoms with E-state index in [1.54, 1.807) is 11.0 Å². The number of benzene rings is 1. The zero-order valence-electron chi connectivity index (χ0n) is 16.0. The summed E-state index contributed by atoms with van der Waals surface area (Å²) < 4.78 is 0. The first-order chi connectivity index (χ1) is 12.5. The second-order valence-electron chi connectivity index (χ2n) is 7.07. The van der Waals surface area contributed by atoms with Gasteiger partial charge < -0.3 is 15.5 Å². The molecule has 0 aromatic heterocycles. The van der Waals surface area contributed by atoms with E-state index in [-0.39, 0.29) is 23.8 Å². The highest BCUT2D eigenvalue weighted by Crippen LogP contribution is 2.31. The highest BCUT2D eigenvalue weighted by molar-refractivity contribution is 5.81. The second kappa shape index (κ2) is 10.00. The Labute approximate surface area is 156 Å². The summed E-state index contributed by atoms with van der Waals surface area (Å²) in [4.78, 5) is 26.9. The molecule has 2 N–H and O–H groups in total. The van der Waals surface area contributed by atoms with E-state index in [2.05, 4.69) is 49.3 Å². The topological polar surface area (TPSA) is 61.4 Å². The molecule has 0 unspecified atom stereocenters. The number of likely N-dealkylation sites (tertiary alicyclic amines) is 1. The van der Waals surface area contributed by atoms with Gasteiger partial charge in [0.25, 0.3) is 0 Å². The standard InChI is InChI=1S/C21H31N3O2/c1-4-6-11-23-21(26)24-14-18(17-9-7-8-16(3)12-17)13-19(15-24)20(25)22-10-5-2/h5,7-9,12,18-19H,2,4,6,10-11,13-15H2,1,3H3,(H,22,25)(H,23,26)/t18-,19+/m0/s1. The van der Waals surface area contributed by atoms with Crippen molar-refractivity contribution in [1.29, 1.82) is 0 Å². The Morgan fingerprint density at radius 2 is 2.12 bits per heavy atom. The maximum atomic E-state index is 12.6. The first-order valence-electron chi connectivity index (χ1n) is 9.53. The first-order valence-corrected chi connectivity index (χ1v) is 9.53. The summed E-state index contributed by atoms with van der Waals surface area (Å²) in [6, 6.07) is 8.28. The summed E-state index contributed by atoms with van der Waals surface area (Å²) in [7, 11) is 0. The number of nitrogens with one attached hydrogen (secondary N) is 2. The lowest BCUT2D eigenvalue weighted by atomic mass is 9.83. The number of hydrogen-bond donors (Lipinski definition) is 2. The molecule has 1 aliphatic rings. The van der Waals surface area contributed by atoms with Gasteiger partial charge in [-0.25, -0.2) is 4.79 Å². The number of aryl methyl sites for hydroxylation is 1. The van der Waals surface area contributed by atoms with Crippen molar-refractivity contribution in [3.63, 3.8) is 0 Å². The lowest BCUT2D eigenvalue weighted by Crippen LogP contribution is -2.51. The van der Waals surface area contributed by atoms with Crippen LogP contribution in [0.1, 0.15) is 43.2 Å². The van der Waals surface area contributed by atoms with Gasteiger partial charge in [-0.2, -0.15) is 0 Å². The molecule has 1 aromatic rings. The van der Waals surface area contributed by atoms with E-state index >= 15 is 0 Å². The number of amides is 3. The van der Waals surface area contributed by atoms with Crippen molar-refractivity contribution >= 4 is 11.9 Å². The number of hydrogen-bond acceptors (Lipinski definition) is 2. The van der Waals surface area contributed by atoms with E-state index < -0.39 is 0 Å². The van der Waals surface area contributed by atoms with Gasteiger partial charge in [0.15, 0.2) is 0 Å². The van der Waals surface area contributed by atoms with Crippen LogP contribution in [0.5, 0.6) is 0 Å². The lowest BCUT2D eigenvalue weighted by Gasteiger charge is -2.37. The zero-order chi connectivity index (χ0) is 18.9. The molecule has 5 nitrogen and oxygen atoms in total. The Bertz CT molecular complexity index is 629. The van der Waals surface area contributed by atoms with Gasteiger partial charge in [-0.05, 0) is 25.3 Å². The second-order valence-corrected chi connectivity index (χ2v) is 7.07. The predicted molar refractivity (Wildman–Crippen MR) is 105 cm³/mol. The monoisotopic (exact) mass is 357 g/mol. The van der Waals surface area contributed by atoms with Crippen molar-refractivity contribution in [2.75, 3.05) is 26.2 Å². The summed E-state index contributed by atoms with van der Waals surface area (Å²) in [5.41, 5.74) is 2.39. The molecule has 0 radical (unpaired) electrons. The van der Waals surface area contributed by atoms with Crippen LogP contribution in [0, 0.1) is 12.8 Å². The fraction of sp³-hybridized carbons (Fsp3) is 0.524. The minimum atomic E-state index is -0.203. The van der Waals surface area contributed by atoms with Gasteiger partial charge in [-0.1, -0.05) is 49.2 Å². The third-order valence-electron chi connectivity index (χ3n) is 4.85. The number of urea groups is 1. The Hall–Kier alpha value is -2.30. The van der Waals surface area contributed by atoms with E-state index in [9.17, 15) is 9.59 Å². The first kappa shape index (κ1) is 20.0. The minimum Gasteiger partial charge on any atom is -0.352 e. The molecule has 0 bridgehead atoms. The van der Waals surface area contributed by atoms with Gasteiger partial charge in [0, 0.05) is 32.1 Å². The fourth-order valence-electron chi connectivity index (χ4n) is 3.42. The van der Waals surface area contributed by atoms with Crippen LogP contribution in [0.25, 0.3) is 0 Å². The quantitative estimate of drug-likeness (QED) is 0.581. The molecule has 1 saturated heterocycles. The number of rotatable bonds is 7. The molecule has 1 heterocycles. The molecule has 0 spiro atoms. The third kappa shape index (κ3) is 5.61. The SMILES string of the molecule is C=CCNC(=O)[C@@H]1C[C@H](c2cccc(C)c2)CN(C(=O)NCCCC)C1. The Morgan fingerprint density at radius 1 is 1.31 bits per heavy atom. The summed E-state index contributed by atoms with van der Waals surface area (Å²) in [5, 5.41) is 5.86. The number of piperidine rings is 1. The van der Waals surface area contributed by atoms with Gasteiger partial charge in [-0.15, -0.1) is 6.58 Å². The Kier molecular flexibility index (Phi) is 7.70. The van der Waals surface area contributed by atoms with Crippen LogP contribution in [-0.2, 0) is 4.79 Å². The predicted octanol–water partition coefficient (Wildman–Crippen LogP) is 3.21. The van der Waals surface area contributed by atoms with Crippen molar-refractivity contribution in [1.82, 2.24) is 15.5 Å². The van der Waals surface area contributed by atoms with Crippen molar-refractivity contribution < 1.29 is 9.59 Å². The van der Waals surface area contributed by atoms with E-state index in [0.29, 0.717) is 26.2 Å². The smallest absolute Gasteiger partial charge is 0.317 e. The molecule has 5 heteroatoms. The zero-order valence-corrected chi connectivity index (χ0v) is 16.0. The van der Waals surface area contributed by atoms with Gasteiger partial charge in [-0.3, -0.25) is 4.79 Å². The van der Waals surface area contributed by atoms with E-state index in [0.717, 1.165) is 19.3 Å². The molecule has 3 amide bonds. The number of nitrogens with zero attached hydrogens (tertiary/aromatic N) is 1. The molecule has 1 fully saturated rings. The minimum absolute atomic E-state index is 0.00592. The van der Waals surface area contributed by atoms with Gasteiger partial charge >= 0.3 is 6.03 Å². The van der Waals surface area contributed by atoms with Crippen molar-refractivity contribution in [3.8, 4) is 0 Å². The molecule has 2 rings (SSSR count). The highest BCUT2D eigenvalue weighted by atomic mass is 16.2. The van der Waals surface area contributed by atoms with E-state index in [1.807, 2.05) is 6.07 Å². The molecule has 1 aliphatic heterocycles. The van der Waals surface area contributed by atoms with Gasteiger partial charge in [0.1, 0.15) is 0 Å². The van der Waals surface area contributed by atoms with E-state index in [1.165, 1.54) is 11.1 Å². The molecule has 0 aliphatic carbocycles. The van der Waals surface area contributed by atoms with Crippen molar-refractivity contribution in [3.05, 3.63) is 48.0 Å². The summed E-state index contributed by atoms with van der Waals surface area (Å²) in [6.45, 7) is 10.0. The van der Waals surface area contributed by atoms with Crippen molar-refractivity contribution in [2.45, 2.75) is 39.0 Å². The van der Waals surface area contributed by atoms with Crippen molar-refractivity contribution in [2.24, 2.45) is 5.92 Å². The van der Waals surface area contributed by atoms with Crippen LogP contribution in [0.15, 0.2) is 36.9 Å². The fourth-order valence-corrected chi connectivity index (χ4v) is 3.42. The van der Waals surface area contributed by atoms with E-state index in [4.69, 9.17) is 0 Å². The van der Waals surface area contributed by atoms with Gasteiger partial charge in [0.05, 0.1) is 5.92 Å². The van der Waals surface area contributed by atoms with Crippen LogP contribution >= 0.6 is 0 Å². The average molecular weight is 357 g/mol. The van der Waals surface area contributed by atoms with Crippen LogP contribution < -0.4 is 10.6 Å². The average Bonchev–Trinajstić information content (AvgIpc) is 2.65. The highest BCUT2D eigenvalue weighted by Gasteiger charge is 2.34. The summed E-state index contributed by atoms with van der Waals surface area (Å²) in [6.07, 6.45) is 4.43. The Morgan fingerprint density at radius 3 is 2.81 bits per heavy atom. The van der Waals surface area contributed by atoms with Crippen LogP contribution in [0.2, 0.25) is 0 Å². The van der Waals surface area contributed by atoms with Crippen LogP contribution in [-0.4, -0.2) is 43.0 Å². The largest absolute Gasteiger partial charge is 0.352 e. The number of carbonyl (C=O) groups is 2. The maximum Gasteiger partial charge on any atom is 0.317 e. The molecule has 142 valence electrons. The van der Waals surface area contributed by atoms with Crippen LogP contribution in [0.4, 0.5) is 4.79 Å². The number of unbranched alkanes of at least 4 members (excludes halogenated alkanes) is 1. The van der Waals surface area contributed by atoms with Crippen LogP contribution in [0.3, 0.4) is 0 Å². The van der Waals surface area contributed by atoms with Gasteiger partial charge in [0.2, 0.25) is 5.91 Å². The number of carbonyl (C=O) groups excluding carboxylic acids is 2. The molecular formula is C21H31N3O2. The Balaban J connectivity index is 2.13. The molecule has 0 saturated carbocycles. The molecule has 26 heavy (non-hydrogen) atoms. The lowest BCUT2D eigenvalue weighted by molar-refractivity contribution is -0.126. The molecule has 1 aromatic carbocycles. The summed E-state index contributed by atoms with van der Waals surface area (Å²) >= 11 is 0. The molecule has 2 atom stereocenters.